The summed E-state index contributed by atoms with van der Waals surface area (Å²) in [4.78, 5) is 28.5. The third-order valence-electron chi connectivity index (χ3n) is 5.31. The van der Waals surface area contributed by atoms with Crippen LogP contribution in [0.1, 0.15) is 46.0 Å². The molecule has 2 amide bonds. The lowest BCUT2D eigenvalue weighted by Crippen LogP contribution is -2.54. The number of nitrogens with zero attached hydrogens (tertiary/aromatic N) is 3. The molecule has 0 aromatic rings. The first-order valence-corrected chi connectivity index (χ1v) is 8.68. The van der Waals surface area contributed by atoms with Gasteiger partial charge in [0.2, 0.25) is 11.8 Å². The summed E-state index contributed by atoms with van der Waals surface area (Å²) in [6.07, 6.45) is 3.34. The second-order valence-corrected chi connectivity index (χ2v) is 7.53. The lowest BCUT2D eigenvalue weighted by molar-refractivity contribution is -0.139. The fraction of sp³-hybridized carbons (Fsp3) is 0.824. The van der Waals surface area contributed by atoms with Crippen LogP contribution in [0, 0.1) is 16.7 Å². The van der Waals surface area contributed by atoms with Gasteiger partial charge < -0.3 is 20.6 Å². The number of aliphatic hydroxyl groups excluding tert-OH is 1. The van der Waals surface area contributed by atoms with E-state index in [1.54, 1.807) is 9.80 Å². The average molecular weight is 336 g/mol. The number of likely N-dealkylation sites (tertiary alicyclic amines) is 2. The van der Waals surface area contributed by atoms with E-state index in [9.17, 15) is 14.7 Å². The molecule has 24 heavy (non-hydrogen) atoms. The molecule has 7 heteroatoms. The number of rotatable bonds is 5. The van der Waals surface area contributed by atoms with Crippen LogP contribution in [0.25, 0.3) is 0 Å². The van der Waals surface area contributed by atoms with E-state index >= 15 is 0 Å². The highest BCUT2D eigenvalue weighted by atomic mass is 16.3. The Morgan fingerprint density at radius 3 is 2.54 bits per heavy atom. The molecular weight excluding hydrogens is 308 g/mol. The Hall–Kier alpha value is -1.65. The highest BCUT2D eigenvalue weighted by Gasteiger charge is 2.41. The zero-order valence-electron chi connectivity index (χ0n) is 14.6. The molecule has 2 fully saturated rings. The molecule has 3 N–H and O–H groups in total. The van der Waals surface area contributed by atoms with Gasteiger partial charge in [0.1, 0.15) is 6.04 Å². The van der Waals surface area contributed by atoms with Gasteiger partial charge in [0.15, 0.2) is 0 Å². The minimum atomic E-state index is -0.828. The van der Waals surface area contributed by atoms with Crippen LogP contribution in [-0.4, -0.2) is 64.5 Å². The summed E-state index contributed by atoms with van der Waals surface area (Å²) < 4.78 is 0. The van der Waals surface area contributed by atoms with Crippen molar-refractivity contribution in [3.8, 4) is 6.07 Å². The largest absolute Gasteiger partial charge is 0.394 e. The standard InChI is InChI=1S/C17H28N4O3/c1-17(2,9-14(23)20-7-4-6-13(20)11-22)15(19)16(24)21-8-3-5-12(21)10-18/h12-13,15,22H,3-9,11,19H2,1-2H3/t12-,13-,15?/m0/s1. The van der Waals surface area contributed by atoms with Gasteiger partial charge >= 0.3 is 0 Å². The molecule has 2 saturated heterocycles. The van der Waals surface area contributed by atoms with Gasteiger partial charge in [0.25, 0.3) is 0 Å². The molecule has 0 spiro atoms. The molecule has 2 rings (SSSR count). The summed E-state index contributed by atoms with van der Waals surface area (Å²) in [6, 6.07) is 0.785. The fourth-order valence-corrected chi connectivity index (χ4v) is 3.63. The minimum Gasteiger partial charge on any atom is -0.394 e. The Labute approximate surface area is 143 Å². The summed E-state index contributed by atoms with van der Waals surface area (Å²) in [5.74, 6) is -0.324. The maximum Gasteiger partial charge on any atom is 0.241 e. The van der Waals surface area contributed by atoms with Crippen molar-refractivity contribution >= 4 is 11.8 Å². The maximum atomic E-state index is 12.7. The van der Waals surface area contributed by atoms with Crippen molar-refractivity contribution in [2.24, 2.45) is 11.1 Å². The SMILES string of the molecule is CC(C)(CC(=O)N1CCC[C@H]1CO)C(N)C(=O)N1CCC[C@H]1C#N. The number of hydrogen-bond acceptors (Lipinski definition) is 5. The molecule has 3 atom stereocenters. The number of amides is 2. The van der Waals surface area contributed by atoms with Crippen molar-refractivity contribution in [1.82, 2.24) is 9.80 Å². The van der Waals surface area contributed by atoms with Gasteiger partial charge in [-0.2, -0.15) is 5.26 Å². The molecule has 2 aliphatic rings. The van der Waals surface area contributed by atoms with Crippen molar-refractivity contribution in [2.75, 3.05) is 19.7 Å². The first-order chi connectivity index (χ1) is 11.3. The van der Waals surface area contributed by atoms with Gasteiger partial charge in [-0.15, -0.1) is 0 Å². The molecule has 2 heterocycles. The summed E-state index contributed by atoms with van der Waals surface area (Å²) in [5, 5.41) is 18.5. The van der Waals surface area contributed by atoms with E-state index in [2.05, 4.69) is 6.07 Å². The fourth-order valence-electron chi connectivity index (χ4n) is 3.63. The van der Waals surface area contributed by atoms with Crippen molar-refractivity contribution in [3.05, 3.63) is 0 Å². The summed E-state index contributed by atoms with van der Waals surface area (Å²) >= 11 is 0. The quantitative estimate of drug-likeness (QED) is 0.746. The number of carbonyl (C=O) groups is 2. The number of hydrogen-bond donors (Lipinski definition) is 2. The molecule has 0 saturated carbocycles. The van der Waals surface area contributed by atoms with E-state index in [-0.39, 0.29) is 30.9 Å². The number of aliphatic hydroxyl groups is 1. The van der Waals surface area contributed by atoms with E-state index in [1.807, 2.05) is 13.8 Å². The average Bonchev–Trinajstić information content (AvgIpc) is 3.20. The lowest BCUT2D eigenvalue weighted by atomic mass is 9.80. The number of nitriles is 1. The van der Waals surface area contributed by atoms with Crippen molar-refractivity contribution in [2.45, 2.75) is 64.1 Å². The first-order valence-electron chi connectivity index (χ1n) is 8.68. The Balaban J connectivity index is 2.02. The third-order valence-corrected chi connectivity index (χ3v) is 5.31. The molecule has 0 aromatic carbocycles. The van der Waals surface area contributed by atoms with E-state index in [1.165, 1.54) is 0 Å². The smallest absolute Gasteiger partial charge is 0.241 e. The van der Waals surface area contributed by atoms with Gasteiger partial charge in [-0.25, -0.2) is 0 Å². The molecule has 1 unspecified atom stereocenters. The van der Waals surface area contributed by atoms with Gasteiger partial charge in [0, 0.05) is 19.5 Å². The minimum absolute atomic E-state index is 0.0330. The van der Waals surface area contributed by atoms with E-state index in [0.29, 0.717) is 19.5 Å². The molecule has 0 aliphatic carbocycles. The summed E-state index contributed by atoms with van der Waals surface area (Å²) in [7, 11) is 0. The normalized spacial score (nSPS) is 25.6. The van der Waals surface area contributed by atoms with Crippen LogP contribution in [0.3, 0.4) is 0 Å². The van der Waals surface area contributed by atoms with E-state index in [0.717, 1.165) is 19.3 Å². The molecule has 0 radical (unpaired) electrons. The van der Waals surface area contributed by atoms with Crippen molar-refractivity contribution < 1.29 is 14.7 Å². The first kappa shape index (κ1) is 18.7. The monoisotopic (exact) mass is 336 g/mol. The topological polar surface area (TPSA) is 111 Å². The van der Waals surface area contributed by atoms with Gasteiger partial charge in [-0.1, -0.05) is 13.8 Å². The zero-order chi connectivity index (χ0) is 17.9. The molecule has 134 valence electrons. The Kier molecular flexibility index (Phi) is 5.83. The number of carbonyl (C=O) groups excluding carboxylic acids is 2. The molecule has 0 aromatic heterocycles. The Morgan fingerprint density at radius 1 is 1.29 bits per heavy atom. The van der Waals surface area contributed by atoms with E-state index < -0.39 is 17.5 Å². The van der Waals surface area contributed by atoms with E-state index in [4.69, 9.17) is 11.0 Å². The maximum absolute atomic E-state index is 12.7. The van der Waals surface area contributed by atoms with Crippen LogP contribution in [-0.2, 0) is 9.59 Å². The van der Waals surface area contributed by atoms with Crippen LogP contribution < -0.4 is 5.73 Å². The predicted molar refractivity (Wildman–Crippen MR) is 88.5 cm³/mol. The second-order valence-electron chi connectivity index (χ2n) is 7.53. The van der Waals surface area contributed by atoms with Crippen LogP contribution in [0.5, 0.6) is 0 Å². The van der Waals surface area contributed by atoms with Crippen LogP contribution in [0.15, 0.2) is 0 Å². The Morgan fingerprint density at radius 2 is 1.92 bits per heavy atom. The van der Waals surface area contributed by atoms with Crippen LogP contribution in [0.4, 0.5) is 0 Å². The van der Waals surface area contributed by atoms with Crippen LogP contribution in [0.2, 0.25) is 0 Å². The third kappa shape index (κ3) is 3.70. The molecule has 7 nitrogen and oxygen atoms in total. The lowest BCUT2D eigenvalue weighted by Gasteiger charge is -2.35. The highest BCUT2D eigenvalue weighted by molar-refractivity contribution is 5.85. The van der Waals surface area contributed by atoms with Gasteiger partial charge in [0.05, 0.1) is 24.8 Å². The van der Waals surface area contributed by atoms with Crippen molar-refractivity contribution in [1.29, 1.82) is 5.26 Å². The summed E-state index contributed by atoms with van der Waals surface area (Å²) in [5.41, 5.74) is 5.48. The van der Waals surface area contributed by atoms with Crippen LogP contribution >= 0.6 is 0 Å². The van der Waals surface area contributed by atoms with Gasteiger partial charge in [-0.3, -0.25) is 9.59 Å². The number of nitrogens with two attached hydrogens (primary N) is 1. The van der Waals surface area contributed by atoms with Gasteiger partial charge in [-0.05, 0) is 31.1 Å². The highest BCUT2D eigenvalue weighted by Crippen LogP contribution is 2.30. The summed E-state index contributed by atoms with van der Waals surface area (Å²) in [6.45, 7) is 4.79. The predicted octanol–water partition coefficient (Wildman–Crippen LogP) is 0.228. The molecule has 0 bridgehead atoms. The molecule has 2 aliphatic heterocycles. The Bertz CT molecular complexity index is 528. The zero-order valence-corrected chi connectivity index (χ0v) is 14.6. The second kappa shape index (κ2) is 7.49. The van der Waals surface area contributed by atoms with Crippen molar-refractivity contribution in [3.63, 3.8) is 0 Å². The molecular formula is C17H28N4O3.